The molecule has 3 aromatic rings. The molecule has 1 unspecified atom stereocenters. The fraction of sp³-hybridized carbons (Fsp3) is 0.231. The maximum atomic E-state index is 12.1. The summed E-state index contributed by atoms with van der Waals surface area (Å²) in [5, 5.41) is 12.7. The molecule has 114 valence electrons. The van der Waals surface area contributed by atoms with E-state index in [1.54, 1.807) is 25.1 Å². The molecule has 0 spiro atoms. The first-order valence-electron chi connectivity index (χ1n) is 6.54. The van der Waals surface area contributed by atoms with E-state index in [1.165, 1.54) is 17.6 Å². The molecule has 1 N–H and O–H groups in total. The van der Waals surface area contributed by atoms with E-state index in [0.29, 0.717) is 10.8 Å². The van der Waals surface area contributed by atoms with Crippen molar-refractivity contribution in [1.29, 1.82) is 0 Å². The average molecular weight is 319 g/mol. The monoisotopic (exact) mass is 319 g/mol. The van der Waals surface area contributed by atoms with Crippen LogP contribution in [0.5, 0.6) is 0 Å². The summed E-state index contributed by atoms with van der Waals surface area (Å²) in [4.78, 5) is 24.1. The van der Waals surface area contributed by atoms with Gasteiger partial charge in [0.2, 0.25) is 5.91 Å². The van der Waals surface area contributed by atoms with Crippen molar-refractivity contribution in [3.8, 4) is 5.00 Å². The summed E-state index contributed by atoms with van der Waals surface area (Å²) >= 11 is 1.37. The molecule has 0 bridgehead atoms. The van der Waals surface area contributed by atoms with Crippen LogP contribution < -0.4 is 11.0 Å². The van der Waals surface area contributed by atoms with Gasteiger partial charge in [0.15, 0.2) is 0 Å². The van der Waals surface area contributed by atoms with Crippen LogP contribution in [0.4, 0.5) is 0 Å². The van der Waals surface area contributed by atoms with Crippen LogP contribution in [0.3, 0.4) is 0 Å². The molecule has 0 saturated heterocycles. The van der Waals surface area contributed by atoms with Gasteiger partial charge in [-0.1, -0.05) is 0 Å². The van der Waals surface area contributed by atoms with E-state index in [-0.39, 0.29) is 18.5 Å². The van der Waals surface area contributed by atoms with E-state index in [1.807, 2.05) is 11.4 Å². The quantitative estimate of drug-likeness (QED) is 0.756. The molecule has 0 saturated carbocycles. The molecule has 0 aromatic carbocycles. The highest BCUT2D eigenvalue weighted by atomic mass is 32.1. The Bertz CT molecular complexity index is 803. The number of carbonyl (C=O) groups excluding carboxylic acids is 1. The Morgan fingerprint density at radius 1 is 1.41 bits per heavy atom. The highest BCUT2D eigenvalue weighted by Gasteiger charge is 2.15. The van der Waals surface area contributed by atoms with Crippen molar-refractivity contribution in [2.24, 2.45) is 0 Å². The average Bonchev–Trinajstić information content (AvgIpc) is 3.21. The van der Waals surface area contributed by atoms with Crippen LogP contribution in [-0.4, -0.2) is 25.7 Å². The van der Waals surface area contributed by atoms with Crippen molar-refractivity contribution in [1.82, 2.24) is 25.1 Å². The number of hydrogen-bond donors (Lipinski definition) is 1. The number of rotatable bonds is 5. The van der Waals surface area contributed by atoms with E-state index in [9.17, 15) is 9.59 Å². The summed E-state index contributed by atoms with van der Waals surface area (Å²) < 4.78 is 7.39. The van der Waals surface area contributed by atoms with E-state index in [2.05, 4.69) is 15.7 Å². The van der Waals surface area contributed by atoms with Gasteiger partial charge in [0.05, 0.1) is 12.3 Å². The van der Waals surface area contributed by atoms with Gasteiger partial charge in [0.25, 0.3) is 0 Å². The van der Waals surface area contributed by atoms with E-state index >= 15 is 0 Å². The zero-order valence-corrected chi connectivity index (χ0v) is 12.5. The Balaban J connectivity index is 1.69. The number of hydrogen-bond acceptors (Lipinski definition) is 6. The summed E-state index contributed by atoms with van der Waals surface area (Å²) in [7, 11) is 0. The second-order valence-corrected chi connectivity index (χ2v) is 5.51. The minimum absolute atomic E-state index is 0.199. The third kappa shape index (κ3) is 2.84. The molecule has 3 heterocycles. The molecule has 0 aliphatic heterocycles. The van der Waals surface area contributed by atoms with E-state index < -0.39 is 5.69 Å². The molecule has 1 amide bonds. The molecule has 1 atom stereocenters. The number of aromatic nitrogens is 4. The van der Waals surface area contributed by atoms with Crippen LogP contribution in [0.2, 0.25) is 0 Å². The van der Waals surface area contributed by atoms with Crippen molar-refractivity contribution in [3.05, 3.63) is 52.2 Å². The number of carbonyl (C=O) groups is 1. The predicted octanol–water partition coefficient (Wildman–Crippen LogP) is 0.961. The van der Waals surface area contributed by atoms with Gasteiger partial charge in [0.1, 0.15) is 17.3 Å². The molecule has 3 aromatic heterocycles. The molecule has 0 fully saturated rings. The highest BCUT2D eigenvalue weighted by Crippen LogP contribution is 2.12. The van der Waals surface area contributed by atoms with Crippen LogP contribution in [0.15, 0.2) is 45.1 Å². The minimum Gasteiger partial charge on any atom is -0.467 e. The number of nitrogens with zero attached hydrogens (tertiary/aromatic N) is 4. The van der Waals surface area contributed by atoms with E-state index in [0.717, 1.165) is 9.36 Å². The number of tetrazole rings is 1. The van der Waals surface area contributed by atoms with Crippen molar-refractivity contribution in [2.45, 2.75) is 19.5 Å². The fourth-order valence-electron chi connectivity index (χ4n) is 1.93. The van der Waals surface area contributed by atoms with Crippen LogP contribution in [0.1, 0.15) is 18.7 Å². The maximum Gasteiger partial charge on any atom is 0.369 e. The van der Waals surface area contributed by atoms with Crippen LogP contribution in [0, 0.1) is 0 Å². The first kappa shape index (κ1) is 14.3. The number of furan rings is 1. The molecule has 9 heteroatoms. The van der Waals surface area contributed by atoms with Crippen LogP contribution >= 0.6 is 11.3 Å². The third-order valence-corrected chi connectivity index (χ3v) is 3.84. The minimum atomic E-state index is -0.455. The summed E-state index contributed by atoms with van der Waals surface area (Å²) in [6.07, 6.45) is 1.54. The van der Waals surface area contributed by atoms with Crippen molar-refractivity contribution in [2.75, 3.05) is 0 Å². The second kappa shape index (κ2) is 5.98. The summed E-state index contributed by atoms with van der Waals surface area (Å²) in [6.45, 7) is 1.59. The maximum absolute atomic E-state index is 12.1. The predicted molar refractivity (Wildman–Crippen MR) is 78.8 cm³/mol. The lowest BCUT2D eigenvalue weighted by Gasteiger charge is -2.10. The van der Waals surface area contributed by atoms with Gasteiger partial charge >= 0.3 is 5.69 Å². The Labute approximate surface area is 129 Å². The highest BCUT2D eigenvalue weighted by molar-refractivity contribution is 7.12. The van der Waals surface area contributed by atoms with Crippen LogP contribution in [0.25, 0.3) is 5.00 Å². The van der Waals surface area contributed by atoms with Gasteiger partial charge in [-0.25, -0.2) is 4.79 Å². The second-order valence-electron chi connectivity index (χ2n) is 4.59. The lowest BCUT2D eigenvalue weighted by Crippen LogP contribution is -2.34. The SMILES string of the molecule is CC(NC(=O)Cn1nnn(-c2cccs2)c1=O)c1ccco1. The summed E-state index contributed by atoms with van der Waals surface area (Å²) in [5.41, 5.74) is -0.455. The van der Waals surface area contributed by atoms with Gasteiger partial charge in [-0.05, 0) is 47.0 Å². The lowest BCUT2D eigenvalue weighted by atomic mass is 10.2. The van der Waals surface area contributed by atoms with Crippen molar-refractivity contribution >= 4 is 17.2 Å². The Kier molecular flexibility index (Phi) is 3.88. The molecular formula is C13H13N5O3S. The molecule has 0 aliphatic rings. The number of amides is 1. The molecule has 0 radical (unpaired) electrons. The largest absolute Gasteiger partial charge is 0.467 e. The molecule has 3 rings (SSSR count). The first-order chi connectivity index (χ1) is 10.6. The van der Waals surface area contributed by atoms with Gasteiger partial charge < -0.3 is 9.73 Å². The van der Waals surface area contributed by atoms with Crippen molar-refractivity contribution in [3.63, 3.8) is 0 Å². The Morgan fingerprint density at radius 2 is 2.27 bits per heavy atom. The third-order valence-electron chi connectivity index (χ3n) is 3.00. The van der Waals surface area contributed by atoms with Gasteiger partial charge in [0, 0.05) is 0 Å². The summed E-state index contributed by atoms with van der Waals surface area (Å²) in [5.74, 6) is 0.298. The number of nitrogens with one attached hydrogen (secondary N) is 1. The topological polar surface area (TPSA) is 95.0 Å². The van der Waals surface area contributed by atoms with Gasteiger partial charge in [-0.2, -0.15) is 9.36 Å². The van der Waals surface area contributed by atoms with Gasteiger partial charge in [-0.3, -0.25) is 4.79 Å². The normalized spacial score (nSPS) is 12.2. The molecule has 8 nitrogen and oxygen atoms in total. The zero-order chi connectivity index (χ0) is 15.5. The summed E-state index contributed by atoms with van der Waals surface area (Å²) in [6, 6.07) is 6.79. The Hall–Kier alpha value is -2.68. The fourth-order valence-corrected chi connectivity index (χ4v) is 2.60. The van der Waals surface area contributed by atoms with Crippen molar-refractivity contribution < 1.29 is 9.21 Å². The smallest absolute Gasteiger partial charge is 0.369 e. The van der Waals surface area contributed by atoms with Crippen LogP contribution in [-0.2, 0) is 11.3 Å². The van der Waals surface area contributed by atoms with E-state index in [4.69, 9.17) is 4.42 Å². The molecular weight excluding hydrogens is 306 g/mol. The Morgan fingerprint density at radius 3 is 2.95 bits per heavy atom. The number of thiophene rings is 1. The zero-order valence-electron chi connectivity index (χ0n) is 11.7. The molecule has 0 aliphatic carbocycles. The van der Waals surface area contributed by atoms with Gasteiger partial charge in [-0.15, -0.1) is 11.3 Å². The lowest BCUT2D eigenvalue weighted by molar-refractivity contribution is -0.122. The standard InChI is InChI=1S/C13H13N5O3S/c1-9(10-4-2-6-21-10)14-11(19)8-17-13(20)18(16-15-17)12-5-3-7-22-12/h2-7,9H,8H2,1H3,(H,14,19). The molecule has 22 heavy (non-hydrogen) atoms. The first-order valence-corrected chi connectivity index (χ1v) is 7.42.